The molecule has 1 aliphatic rings. The summed E-state index contributed by atoms with van der Waals surface area (Å²) in [6, 6.07) is 11.9. The van der Waals surface area contributed by atoms with E-state index in [0.29, 0.717) is 29.3 Å². The van der Waals surface area contributed by atoms with Crippen LogP contribution in [-0.2, 0) is 14.8 Å². The molecule has 0 aromatic heterocycles. The number of hydrogen-bond donors (Lipinski definition) is 2. The molecule has 1 saturated heterocycles. The maximum Gasteiger partial charge on any atom is 0.283 e. The summed E-state index contributed by atoms with van der Waals surface area (Å²) >= 11 is 0. The number of sulfonamides is 1. The largest absolute Gasteiger partial charge is 0.484 e. The Hall–Kier alpha value is -3.40. The number of rotatable bonds is 7. The number of carbonyl (C=O) groups is 2. The summed E-state index contributed by atoms with van der Waals surface area (Å²) in [4.78, 5) is 25.0. The fourth-order valence-electron chi connectivity index (χ4n) is 2.87. The average Bonchev–Trinajstić information content (AvgIpc) is 3.11. The van der Waals surface area contributed by atoms with Crippen molar-refractivity contribution in [3.63, 3.8) is 0 Å². The molecular formula is C20H22N4O5S. The molecule has 30 heavy (non-hydrogen) atoms. The standard InChI is InChI=1S/C20H22N4O5S/c1-24-12-2-3-18(24)23-30(27,28)17-10-6-15(7-11-17)22-19(25)13-29-16-8-4-14(5-9-16)20(21)26/h4-11H,2-3,12-13H2,1H3,(H2,21,26)(H,22,25)/b23-18+. The van der Waals surface area contributed by atoms with Crippen LogP contribution in [0.4, 0.5) is 5.69 Å². The van der Waals surface area contributed by atoms with E-state index < -0.39 is 21.8 Å². The van der Waals surface area contributed by atoms with E-state index in [2.05, 4.69) is 9.71 Å². The molecule has 0 saturated carbocycles. The highest BCUT2D eigenvalue weighted by Crippen LogP contribution is 2.19. The Bertz CT molecular complexity index is 1060. The fourth-order valence-corrected chi connectivity index (χ4v) is 3.97. The van der Waals surface area contributed by atoms with Crippen LogP contribution in [0.5, 0.6) is 5.75 Å². The predicted octanol–water partition coefficient (Wildman–Crippen LogP) is 1.62. The number of carbonyl (C=O) groups excluding carboxylic acids is 2. The molecular weight excluding hydrogens is 408 g/mol. The van der Waals surface area contributed by atoms with Crippen LogP contribution in [0.2, 0.25) is 0 Å². The predicted molar refractivity (Wildman–Crippen MR) is 112 cm³/mol. The first-order valence-electron chi connectivity index (χ1n) is 9.22. The zero-order chi connectivity index (χ0) is 21.7. The molecule has 0 atom stereocenters. The van der Waals surface area contributed by atoms with E-state index >= 15 is 0 Å². The number of amides is 2. The molecule has 0 spiro atoms. The van der Waals surface area contributed by atoms with E-state index in [4.69, 9.17) is 10.5 Å². The highest BCUT2D eigenvalue weighted by Gasteiger charge is 2.20. The SMILES string of the molecule is CN1CCC/C1=N\S(=O)(=O)c1ccc(NC(=O)COc2ccc(C(N)=O)cc2)cc1. The smallest absolute Gasteiger partial charge is 0.283 e. The summed E-state index contributed by atoms with van der Waals surface area (Å²) in [6.45, 7) is 0.534. The van der Waals surface area contributed by atoms with Crippen molar-refractivity contribution in [2.24, 2.45) is 10.1 Å². The minimum atomic E-state index is -3.80. The molecule has 10 heteroatoms. The van der Waals surface area contributed by atoms with Gasteiger partial charge < -0.3 is 20.7 Å². The van der Waals surface area contributed by atoms with E-state index in [0.717, 1.165) is 13.0 Å². The Morgan fingerprint density at radius 3 is 2.37 bits per heavy atom. The third-order valence-corrected chi connectivity index (χ3v) is 5.82. The zero-order valence-corrected chi connectivity index (χ0v) is 17.2. The number of ether oxygens (including phenoxy) is 1. The third kappa shape index (κ3) is 5.35. The number of anilines is 1. The van der Waals surface area contributed by atoms with Crippen molar-refractivity contribution in [2.45, 2.75) is 17.7 Å². The molecule has 2 aromatic rings. The van der Waals surface area contributed by atoms with Crippen LogP contribution in [0, 0.1) is 0 Å². The van der Waals surface area contributed by atoms with Gasteiger partial charge in [-0.25, -0.2) is 0 Å². The van der Waals surface area contributed by atoms with Crippen molar-refractivity contribution in [2.75, 3.05) is 25.5 Å². The Morgan fingerprint density at radius 2 is 1.80 bits per heavy atom. The highest BCUT2D eigenvalue weighted by molar-refractivity contribution is 7.90. The number of likely N-dealkylation sites (tertiary alicyclic amines) is 1. The molecule has 3 N–H and O–H groups in total. The summed E-state index contributed by atoms with van der Waals surface area (Å²) in [5, 5.41) is 2.62. The molecule has 1 fully saturated rings. The van der Waals surface area contributed by atoms with Gasteiger partial charge in [0.25, 0.3) is 15.9 Å². The monoisotopic (exact) mass is 430 g/mol. The van der Waals surface area contributed by atoms with Gasteiger partial charge in [0.2, 0.25) is 5.91 Å². The van der Waals surface area contributed by atoms with E-state index in [1.54, 1.807) is 0 Å². The van der Waals surface area contributed by atoms with Gasteiger partial charge in [-0.3, -0.25) is 9.59 Å². The molecule has 158 valence electrons. The number of hydrogen-bond acceptors (Lipinski definition) is 5. The van der Waals surface area contributed by atoms with Crippen molar-refractivity contribution in [3.8, 4) is 5.75 Å². The number of primary amides is 1. The first kappa shape index (κ1) is 21.3. The lowest BCUT2D eigenvalue weighted by molar-refractivity contribution is -0.118. The minimum Gasteiger partial charge on any atom is -0.484 e. The summed E-state index contributed by atoms with van der Waals surface area (Å²) in [5.41, 5.74) is 5.93. The van der Waals surface area contributed by atoms with Crippen LogP contribution in [0.15, 0.2) is 57.8 Å². The zero-order valence-electron chi connectivity index (χ0n) is 16.4. The van der Waals surface area contributed by atoms with Gasteiger partial charge in [0.1, 0.15) is 11.6 Å². The Balaban J connectivity index is 1.57. The number of nitrogens with one attached hydrogen (secondary N) is 1. The molecule has 0 aliphatic carbocycles. The maximum atomic E-state index is 12.4. The van der Waals surface area contributed by atoms with Crippen LogP contribution in [-0.4, -0.2) is 51.2 Å². The topological polar surface area (TPSA) is 131 Å². The second-order valence-corrected chi connectivity index (χ2v) is 8.36. The molecule has 3 rings (SSSR count). The fraction of sp³-hybridized carbons (Fsp3) is 0.250. The van der Waals surface area contributed by atoms with Crippen LogP contribution in [0.1, 0.15) is 23.2 Å². The van der Waals surface area contributed by atoms with Gasteiger partial charge in [-0.2, -0.15) is 8.42 Å². The van der Waals surface area contributed by atoms with Crippen LogP contribution in [0.25, 0.3) is 0 Å². The minimum absolute atomic E-state index is 0.0547. The van der Waals surface area contributed by atoms with E-state index in [9.17, 15) is 18.0 Å². The van der Waals surface area contributed by atoms with Gasteiger partial charge in [-0.05, 0) is 55.0 Å². The van der Waals surface area contributed by atoms with Crippen molar-refractivity contribution < 1.29 is 22.7 Å². The number of amidine groups is 1. The summed E-state index contributed by atoms with van der Waals surface area (Å²) < 4.78 is 34.1. The number of nitrogens with two attached hydrogens (primary N) is 1. The quantitative estimate of drug-likeness (QED) is 0.686. The lowest BCUT2D eigenvalue weighted by Crippen LogP contribution is -2.21. The van der Waals surface area contributed by atoms with Crippen molar-refractivity contribution in [1.82, 2.24) is 4.90 Å². The first-order chi connectivity index (χ1) is 14.2. The van der Waals surface area contributed by atoms with Gasteiger partial charge in [0.05, 0.1) is 4.90 Å². The normalized spacial score (nSPS) is 15.2. The second kappa shape index (κ2) is 8.95. The molecule has 0 radical (unpaired) electrons. The first-order valence-corrected chi connectivity index (χ1v) is 10.7. The number of benzene rings is 2. The summed E-state index contributed by atoms with van der Waals surface area (Å²) in [7, 11) is -1.99. The van der Waals surface area contributed by atoms with Crippen molar-refractivity contribution in [1.29, 1.82) is 0 Å². The second-order valence-electron chi connectivity index (χ2n) is 6.76. The van der Waals surface area contributed by atoms with Crippen molar-refractivity contribution in [3.05, 3.63) is 54.1 Å². The molecule has 1 aliphatic heterocycles. The molecule has 0 bridgehead atoms. The summed E-state index contributed by atoms with van der Waals surface area (Å²) in [6.07, 6.45) is 1.52. The van der Waals surface area contributed by atoms with Gasteiger partial charge >= 0.3 is 0 Å². The van der Waals surface area contributed by atoms with Crippen LogP contribution >= 0.6 is 0 Å². The highest BCUT2D eigenvalue weighted by atomic mass is 32.2. The van der Waals surface area contributed by atoms with Gasteiger partial charge in [-0.1, -0.05) is 0 Å². The molecule has 2 amide bonds. The third-order valence-electron chi connectivity index (χ3n) is 4.50. The van der Waals surface area contributed by atoms with Gasteiger partial charge in [0.15, 0.2) is 6.61 Å². The molecule has 9 nitrogen and oxygen atoms in total. The Morgan fingerprint density at radius 1 is 1.13 bits per heavy atom. The van der Waals surface area contributed by atoms with E-state index in [1.165, 1.54) is 48.5 Å². The number of nitrogens with zero attached hydrogens (tertiary/aromatic N) is 2. The lowest BCUT2D eigenvalue weighted by atomic mass is 10.2. The lowest BCUT2D eigenvalue weighted by Gasteiger charge is -2.11. The van der Waals surface area contributed by atoms with E-state index in [-0.39, 0.29) is 11.5 Å². The van der Waals surface area contributed by atoms with E-state index in [1.807, 2.05) is 11.9 Å². The van der Waals surface area contributed by atoms with Crippen molar-refractivity contribution >= 4 is 33.4 Å². The van der Waals surface area contributed by atoms with Gasteiger partial charge in [-0.15, -0.1) is 4.40 Å². The molecule has 1 heterocycles. The van der Waals surface area contributed by atoms with Crippen LogP contribution in [0.3, 0.4) is 0 Å². The summed E-state index contributed by atoms with van der Waals surface area (Å²) in [5.74, 6) is -0.00945. The Labute approximate surface area is 174 Å². The molecule has 2 aromatic carbocycles. The molecule has 0 unspecified atom stereocenters. The maximum absolute atomic E-state index is 12.4. The average molecular weight is 430 g/mol. The van der Waals surface area contributed by atoms with Gasteiger partial charge in [0, 0.05) is 31.3 Å². The van der Waals surface area contributed by atoms with Crippen LogP contribution < -0.4 is 15.8 Å². The Kier molecular flexibility index (Phi) is 6.36.